The van der Waals surface area contributed by atoms with Gasteiger partial charge in [0.05, 0.1) is 0 Å². The average molecular weight is 417 g/mol. The van der Waals surface area contributed by atoms with E-state index < -0.39 is 11.9 Å². The van der Waals surface area contributed by atoms with Crippen molar-refractivity contribution in [2.45, 2.75) is 44.7 Å². The standard InChI is InChI=1S/C24H23N3O4/c28-21-11-10-20(23(30)25-21)27-14-19-17(7-4-8-18(19)24(27)31)15-5-3-6-16(13-15)26-12-2-1-9-22(26)29/h3-8,13,20H,1-2,9-12,14H2,(H,25,28,30). The summed E-state index contributed by atoms with van der Waals surface area (Å²) < 4.78 is 0. The maximum absolute atomic E-state index is 13.1. The number of benzene rings is 2. The van der Waals surface area contributed by atoms with Crippen molar-refractivity contribution in [2.75, 3.05) is 11.4 Å². The van der Waals surface area contributed by atoms with Gasteiger partial charge in [0, 0.05) is 37.2 Å². The van der Waals surface area contributed by atoms with Crippen molar-refractivity contribution in [3.8, 4) is 11.1 Å². The average Bonchev–Trinajstić information content (AvgIpc) is 3.11. The fraction of sp³-hybridized carbons (Fsp3) is 0.333. The molecule has 1 unspecified atom stereocenters. The molecule has 2 aromatic rings. The van der Waals surface area contributed by atoms with E-state index in [1.807, 2.05) is 41.3 Å². The molecular formula is C24H23N3O4. The normalized spacial score (nSPS) is 21.4. The molecule has 0 aliphatic carbocycles. The maximum Gasteiger partial charge on any atom is 0.255 e. The van der Waals surface area contributed by atoms with Crippen LogP contribution >= 0.6 is 0 Å². The van der Waals surface area contributed by atoms with E-state index in [2.05, 4.69) is 5.32 Å². The predicted molar refractivity (Wildman–Crippen MR) is 114 cm³/mol. The van der Waals surface area contributed by atoms with Crippen molar-refractivity contribution in [3.63, 3.8) is 0 Å². The first-order valence-corrected chi connectivity index (χ1v) is 10.7. The van der Waals surface area contributed by atoms with Crippen LogP contribution < -0.4 is 10.2 Å². The minimum Gasteiger partial charge on any atom is -0.322 e. The van der Waals surface area contributed by atoms with Gasteiger partial charge in [-0.1, -0.05) is 24.3 Å². The lowest BCUT2D eigenvalue weighted by molar-refractivity contribution is -0.137. The molecule has 1 N–H and O–H groups in total. The van der Waals surface area contributed by atoms with Crippen LogP contribution in [0.2, 0.25) is 0 Å². The molecule has 2 aromatic carbocycles. The zero-order valence-electron chi connectivity index (χ0n) is 17.1. The lowest BCUT2D eigenvalue weighted by Gasteiger charge is -2.29. The van der Waals surface area contributed by atoms with Crippen LogP contribution in [0, 0.1) is 0 Å². The van der Waals surface area contributed by atoms with E-state index in [1.54, 1.807) is 11.0 Å². The SMILES string of the molecule is O=C1CCC(N2Cc3c(cccc3-c3cccc(N4CCCCC4=O)c3)C2=O)C(=O)N1. The number of hydrogen-bond acceptors (Lipinski definition) is 4. The van der Waals surface area contributed by atoms with Gasteiger partial charge in [0.25, 0.3) is 5.91 Å². The van der Waals surface area contributed by atoms with Crippen molar-refractivity contribution in [2.24, 2.45) is 0 Å². The molecule has 0 aromatic heterocycles. The second kappa shape index (κ2) is 7.65. The number of carbonyl (C=O) groups excluding carboxylic acids is 4. The first-order chi connectivity index (χ1) is 15.0. The first-order valence-electron chi connectivity index (χ1n) is 10.7. The summed E-state index contributed by atoms with van der Waals surface area (Å²) in [5.74, 6) is -0.755. The largest absolute Gasteiger partial charge is 0.322 e. The van der Waals surface area contributed by atoms with Crippen molar-refractivity contribution in [3.05, 3.63) is 53.6 Å². The highest BCUT2D eigenvalue weighted by molar-refractivity contribution is 6.06. The summed E-state index contributed by atoms with van der Waals surface area (Å²) in [4.78, 5) is 52.6. The van der Waals surface area contributed by atoms with Gasteiger partial charge in [-0.2, -0.15) is 0 Å². The fourth-order valence-electron chi connectivity index (χ4n) is 4.78. The molecule has 2 fully saturated rings. The van der Waals surface area contributed by atoms with Gasteiger partial charge in [-0.25, -0.2) is 0 Å². The fourth-order valence-corrected chi connectivity index (χ4v) is 4.78. The quantitative estimate of drug-likeness (QED) is 0.778. The van der Waals surface area contributed by atoms with E-state index in [4.69, 9.17) is 0 Å². The molecule has 5 rings (SSSR count). The van der Waals surface area contributed by atoms with Crippen molar-refractivity contribution < 1.29 is 19.2 Å². The van der Waals surface area contributed by atoms with Gasteiger partial charge in [0.15, 0.2) is 0 Å². The number of imide groups is 1. The summed E-state index contributed by atoms with van der Waals surface area (Å²) in [5.41, 5.74) is 4.18. The van der Waals surface area contributed by atoms with Crippen LogP contribution in [-0.4, -0.2) is 41.1 Å². The molecule has 1 atom stereocenters. The topological polar surface area (TPSA) is 86.8 Å². The number of rotatable bonds is 3. The van der Waals surface area contributed by atoms with Crippen LogP contribution in [0.1, 0.15) is 48.0 Å². The van der Waals surface area contributed by atoms with Gasteiger partial charge >= 0.3 is 0 Å². The Bertz CT molecular complexity index is 1110. The second-order valence-electron chi connectivity index (χ2n) is 8.28. The lowest BCUT2D eigenvalue weighted by atomic mass is 9.96. The van der Waals surface area contributed by atoms with E-state index in [0.29, 0.717) is 24.9 Å². The zero-order chi connectivity index (χ0) is 21.5. The number of nitrogens with one attached hydrogen (secondary N) is 1. The Morgan fingerprint density at radius 3 is 2.52 bits per heavy atom. The number of carbonyl (C=O) groups is 4. The number of anilines is 1. The highest BCUT2D eigenvalue weighted by atomic mass is 16.2. The van der Waals surface area contributed by atoms with E-state index >= 15 is 0 Å². The highest BCUT2D eigenvalue weighted by Crippen LogP contribution is 2.36. The lowest BCUT2D eigenvalue weighted by Crippen LogP contribution is -2.52. The van der Waals surface area contributed by atoms with Gasteiger partial charge in [0.1, 0.15) is 6.04 Å². The minimum atomic E-state index is -0.636. The first kappa shape index (κ1) is 19.5. The molecular weight excluding hydrogens is 394 g/mol. The van der Waals surface area contributed by atoms with Gasteiger partial charge in [-0.15, -0.1) is 0 Å². The van der Waals surface area contributed by atoms with Crippen molar-refractivity contribution in [1.82, 2.24) is 10.2 Å². The molecule has 0 spiro atoms. The van der Waals surface area contributed by atoms with Gasteiger partial charge in [-0.3, -0.25) is 24.5 Å². The maximum atomic E-state index is 13.1. The molecule has 3 aliphatic rings. The molecule has 3 heterocycles. The predicted octanol–water partition coefficient (Wildman–Crippen LogP) is 2.63. The molecule has 0 radical (unpaired) electrons. The summed E-state index contributed by atoms with van der Waals surface area (Å²) in [6, 6.07) is 12.8. The third-order valence-corrected chi connectivity index (χ3v) is 6.37. The Labute approximate surface area is 180 Å². The summed E-state index contributed by atoms with van der Waals surface area (Å²) in [6.45, 7) is 1.04. The molecule has 7 heteroatoms. The molecule has 7 nitrogen and oxygen atoms in total. The number of hydrogen-bond donors (Lipinski definition) is 1. The molecule has 2 saturated heterocycles. The van der Waals surface area contributed by atoms with Crippen molar-refractivity contribution >= 4 is 29.3 Å². The Morgan fingerprint density at radius 1 is 0.903 bits per heavy atom. The Morgan fingerprint density at radius 2 is 1.71 bits per heavy atom. The van der Waals surface area contributed by atoms with Gasteiger partial charge in [0.2, 0.25) is 17.7 Å². The zero-order valence-corrected chi connectivity index (χ0v) is 17.1. The van der Waals surface area contributed by atoms with Crippen LogP contribution in [0.4, 0.5) is 5.69 Å². The van der Waals surface area contributed by atoms with E-state index in [0.717, 1.165) is 41.8 Å². The molecule has 31 heavy (non-hydrogen) atoms. The van der Waals surface area contributed by atoms with Gasteiger partial charge in [-0.05, 0) is 54.2 Å². The van der Waals surface area contributed by atoms with Crippen molar-refractivity contribution in [1.29, 1.82) is 0 Å². The summed E-state index contributed by atoms with van der Waals surface area (Å²) in [6.07, 6.45) is 3.06. The number of amides is 4. The third kappa shape index (κ3) is 3.40. The van der Waals surface area contributed by atoms with Gasteiger partial charge < -0.3 is 9.80 Å². The number of nitrogens with zero attached hydrogens (tertiary/aromatic N) is 2. The summed E-state index contributed by atoms with van der Waals surface area (Å²) in [5, 5.41) is 2.34. The summed E-state index contributed by atoms with van der Waals surface area (Å²) in [7, 11) is 0. The van der Waals surface area contributed by atoms with Crippen LogP contribution in [0.3, 0.4) is 0 Å². The van der Waals surface area contributed by atoms with Crippen LogP contribution in [0.5, 0.6) is 0 Å². The minimum absolute atomic E-state index is 0.140. The monoisotopic (exact) mass is 417 g/mol. The molecule has 0 saturated carbocycles. The highest BCUT2D eigenvalue weighted by Gasteiger charge is 2.39. The third-order valence-electron chi connectivity index (χ3n) is 6.37. The van der Waals surface area contributed by atoms with Crippen LogP contribution in [0.15, 0.2) is 42.5 Å². The molecule has 158 valence electrons. The van der Waals surface area contributed by atoms with E-state index in [1.165, 1.54) is 0 Å². The van der Waals surface area contributed by atoms with Crippen LogP contribution in [-0.2, 0) is 20.9 Å². The molecule has 0 bridgehead atoms. The van der Waals surface area contributed by atoms with Crippen LogP contribution in [0.25, 0.3) is 11.1 Å². The Hall–Kier alpha value is -3.48. The smallest absolute Gasteiger partial charge is 0.255 e. The van der Waals surface area contributed by atoms with E-state index in [-0.39, 0.29) is 24.1 Å². The Balaban J connectivity index is 1.47. The molecule has 4 amide bonds. The number of piperidine rings is 2. The molecule has 3 aliphatic heterocycles. The second-order valence-corrected chi connectivity index (χ2v) is 8.28. The Kier molecular flexibility index (Phi) is 4.81. The van der Waals surface area contributed by atoms with E-state index in [9.17, 15) is 19.2 Å². The summed E-state index contributed by atoms with van der Waals surface area (Å²) >= 11 is 0. The number of fused-ring (bicyclic) bond motifs is 1.